The van der Waals surface area contributed by atoms with Crippen LogP contribution in [0, 0.1) is 0 Å². The molecule has 138 valence electrons. The number of fused-ring (bicyclic) bond motifs is 1. The minimum Gasteiger partial charge on any atom is -0.493 e. The molecule has 0 fully saturated rings. The molecule has 0 radical (unpaired) electrons. The Balaban J connectivity index is 1.61. The topological polar surface area (TPSA) is 59.5 Å². The van der Waals surface area contributed by atoms with Crippen LogP contribution in [-0.2, 0) is 6.42 Å². The van der Waals surface area contributed by atoms with Crippen molar-refractivity contribution in [2.45, 2.75) is 12.8 Å². The predicted molar refractivity (Wildman–Crippen MR) is 107 cm³/mol. The molecule has 0 unspecified atom stereocenters. The fourth-order valence-electron chi connectivity index (χ4n) is 3.40. The van der Waals surface area contributed by atoms with Crippen molar-refractivity contribution in [2.75, 3.05) is 31.0 Å². The number of nitrogens with zero attached hydrogens (tertiary/aromatic N) is 3. The van der Waals surface area contributed by atoms with E-state index >= 15 is 0 Å². The van der Waals surface area contributed by atoms with Crippen LogP contribution < -0.4 is 19.7 Å². The highest BCUT2D eigenvalue weighted by atomic mass is 16.5. The summed E-state index contributed by atoms with van der Waals surface area (Å²) < 4.78 is 10.7. The number of hydrogen-bond acceptors (Lipinski definition) is 6. The lowest BCUT2D eigenvalue weighted by atomic mass is 10.0. The first kappa shape index (κ1) is 17.1. The monoisotopic (exact) mass is 362 g/mol. The number of aromatic nitrogens is 2. The molecule has 3 aromatic rings. The van der Waals surface area contributed by atoms with Crippen molar-refractivity contribution < 1.29 is 9.47 Å². The van der Waals surface area contributed by atoms with Gasteiger partial charge in [0.15, 0.2) is 11.5 Å². The summed E-state index contributed by atoms with van der Waals surface area (Å²) in [6, 6.07) is 16.1. The van der Waals surface area contributed by atoms with Gasteiger partial charge in [0.1, 0.15) is 18.0 Å². The van der Waals surface area contributed by atoms with Gasteiger partial charge in [-0.15, -0.1) is 0 Å². The lowest BCUT2D eigenvalue weighted by molar-refractivity contribution is 0.355. The highest BCUT2D eigenvalue weighted by Gasteiger charge is 2.19. The molecule has 6 nitrogen and oxygen atoms in total. The Bertz CT molecular complexity index is 945. The molecule has 0 bridgehead atoms. The van der Waals surface area contributed by atoms with Crippen LogP contribution in [0.15, 0.2) is 54.9 Å². The fraction of sp³-hybridized carbons (Fsp3) is 0.238. The van der Waals surface area contributed by atoms with Gasteiger partial charge in [-0.2, -0.15) is 0 Å². The molecular weight excluding hydrogens is 340 g/mol. The van der Waals surface area contributed by atoms with E-state index in [1.165, 1.54) is 11.3 Å². The Labute approximate surface area is 158 Å². The molecule has 2 heterocycles. The van der Waals surface area contributed by atoms with Crippen molar-refractivity contribution in [1.29, 1.82) is 0 Å². The largest absolute Gasteiger partial charge is 0.493 e. The van der Waals surface area contributed by atoms with Crippen molar-refractivity contribution in [3.63, 3.8) is 0 Å². The summed E-state index contributed by atoms with van der Waals surface area (Å²) >= 11 is 0. The van der Waals surface area contributed by atoms with E-state index in [1.54, 1.807) is 20.5 Å². The van der Waals surface area contributed by atoms with Crippen molar-refractivity contribution in [2.24, 2.45) is 0 Å². The summed E-state index contributed by atoms with van der Waals surface area (Å²) in [4.78, 5) is 11.1. The minimum atomic E-state index is 0.668. The number of hydrogen-bond donors (Lipinski definition) is 1. The van der Waals surface area contributed by atoms with E-state index in [2.05, 4.69) is 44.5 Å². The van der Waals surface area contributed by atoms with Gasteiger partial charge < -0.3 is 19.7 Å². The number of benzene rings is 2. The SMILES string of the molecule is COc1ccc(Nc2cc(N3CCCc4ccccc43)ncn2)cc1OC. The molecule has 6 heteroatoms. The molecule has 27 heavy (non-hydrogen) atoms. The van der Waals surface area contributed by atoms with Crippen LogP contribution in [-0.4, -0.2) is 30.7 Å². The fourth-order valence-corrected chi connectivity index (χ4v) is 3.40. The molecule has 2 aromatic carbocycles. The van der Waals surface area contributed by atoms with Crippen LogP contribution in [0.2, 0.25) is 0 Å². The maximum Gasteiger partial charge on any atom is 0.162 e. The Kier molecular flexibility index (Phi) is 4.78. The number of para-hydroxylation sites is 1. The van der Waals surface area contributed by atoms with E-state index in [9.17, 15) is 0 Å². The number of methoxy groups -OCH3 is 2. The second-order valence-electron chi connectivity index (χ2n) is 6.34. The maximum atomic E-state index is 5.37. The molecule has 0 amide bonds. The maximum absolute atomic E-state index is 5.37. The van der Waals surface area contributed by atoms with E-state index in [1.807, 2.05) is 24.3 Å². The number of rotatable bonds is 5. The molecule has 1 aliphatic heterocycles. The zero-order valence-electron chi connectivity index (χ0n) is 15.5. The zero-order chi connectivity index (χ0) is 18.6. The Morgan fingerprint density at radius 1 is 0.963 bits per heavy atom. The molecule has 0 spiro atoms. The first-order valence-corrected chi connectivity index (χ1v) is 8.95. The summed E-state index contributed by atoms with van der Waals surface area (Å²) in [6.45, 7) is 0.948. The van der Waals surface area contributed by atoms with Gasteiger partial charge in [-0.25, -0.2) is 9.97 Å². The van der Waals surface area contributed by atoms with Crippen LogP contribution in [0.5, 0.6) is 11.5 Å². The lowest BCUT2D eigenvalue weighted by Crippen LogP contribution is -2.25. The number of aryl methyl sites for hydroxylation is 1. The third-order valence-corrected chi connectivity index (χ3v) is 4.70. The third-order valence-electron chi connectivity index (χ3n) is 4.70. The first-order valence-electron chi connectivity index (χ1n) is 8.95. The van der Waals surface area contributed by atoms with Crippen molar-refractivity contribution in [3.8, 4) is 11.5 Å². The van der Waals surface area contributed by atoms with Gasteiger partial charge in [0.25, 0.3) is 0 Å². The molecule has 0 aliphatic carbocycles. The van der Waals surface area contributed by atoms with Gasteiger partial charge in [-0.3, -0.25) is 0 Å². The summed E-state index contributed by atoms with van der Waals surface area (Å²) in [5, 5.41) is 3.32. The van der Waals surface area contributed by atoms with Gasteiger partial charge in [0.05, 0.1) is 14.2 Å². The van der Waals surface area contributed by atoms with E-state index in [0.717, 1.165) is 36.7 Å². The molecule has 1 aliphatic rings. The molecule has 0 atom stereocenters. The van der Waals surface area contributed by atoms with E-state index in [4.69, 9.17) is 9.47 Å². The average Bonchev–Trinajstić information content (AvgIpc) is 2.73. The van der Waals surface area contributed by atoms with Crippen molar-refractivity contribution in [1.82, 2.24) is 9.97 Å². The molecule has 0 saturated heterocycles. The number of anilines is 4. The lowest BCUT2D eigenvalue weighted by Gasteiger charge is -2.30. The van der Waals surface area contributed by atoms with Crippen LogP contribution in [0.3, 0.4) is 0 Å². The van der Waals surface area contributed by atoms with Crippen molar-refractivity contribution in [3.05, 3.63) is 60.4 Å². The quantitative estimate of drug-likeness (QED) is 0.729. The number of nitrogens with one attached hydrogen (secondary N) is 1. The zero-order valence-corrected chi connectivity index (χ0v) is 15.5. The molecular formula is C21H22N4O2. The normalized spacial score (nSPS) is 13.0. The molecule has 1 N–H and O–H groups in total. The van der Waals surface area contributed by atoms with Gasteiger partial charge in [0.2, 0.25) is 0 Å². The second-order valence-corrected chi connectivity index (χ2v) is 6.34. The van der Waals surface area contributed by atoms with Crippen LogP contribution in [0.4, 0.5) is 23.0 Å². The standard InChI is InChI=1S/C21H22N4O2/c1-26-18-10-9-16(12-19(18)27-2)24-20-13-21(23-14-22-20)25-11-5-7-15-6-3-4-8-17(15)25/h3-4,6,8-10,12-14H,5,7,11H2,1-2H3,(H,22,23,24). The summed E-state index contributed by atoms with van der Waals surface area (Å²) in [7, 11) is 3.25. The van der Waals surface area contributed by atoms with Gasteiger partial charge in [-0.05, 0) is 36.6 Å². The van der Waals surface area contributed by atoms with Crippen molar-refractivity contribution >= 4 is 23.0 Å². The van der Waals surface area contributed by atoms with E-state index < -0.39 is 0 Å². The summed E-state index contributed by atoms with van der Waals surface area (Å²) in [5.41, 5.74) is 3.45. The Morgan fingerprint density at radius 3 is 2.67 bits per heavy atom. The van der Waals surface area contributed by atoms with E-state index in [-0.39, 0.29) is 0 Å². The smallest absolute Gasteiger partial charge is 0.162 e. The summed E-state index contributed by atoms with van der Waals surface area (Å²) in [6.07, 6.45) is 3.81. The van der Waals surface area contributed by atoms with Crippen LogP contribution in [0.25, 0.3) is 0 Å². The predicted octanol–water partition coefficient (Wildman–Crippen LogP) is 4.32. The van der Waals surface area contributed by atoms with Gasteiger partial charge >= 0.3 is 0 Å². The highest BCUT2D eigenvalue weighted by Crippen LogP contribution is 2.34. The Morgan fingerprint density at radius 2 is 1.81 bits per heavy atom. The van der Waals surface area contributed by atoms with Gasteiger partial charge in [-0.1, -0.05) is 18.2 Å². The highest BCUT2D eigenvalue weighted by molar-refractivity contribution is 5.69. The third kappa shape index (κ3) is 3.51. The van der Waals surface area contributed by atoms with Crippen LogP contribution >= 0.6 is 0 Å². The van der Waals surface area contributed by atoms with Gasteiger partial charge in [0, 0.05) is 30.1 Å². The summed E-state index contributed by atoms with van der Waals surface area (Å²) in [5.74, 6) is 2.98. The molecule has 0 saturated carbocycles. The van der Waals surface area contributed by atoms with E-state index in [0.29, 0.717) is 11.5 Å². The average molecular weight is 362 g/mol. The molecule has 1 aromatic heterocycles. The van der Waals surface area contributed by atoms with Crippen LogP contribution in [0.1, 0.15) is 12.0 Å². The first-order chi connectivity index (χ1) is 13.3. The minimum absolute atomic E-state index is 0.668. The number of ether oxygens (including phenoxy) is 2. The Hall–Kier alpha value is -3.28. The second kappa shape index (κ2) is 7.53. The molecule has 4 rings (SSSR count).